The van der Waals surface area contributed by atoms with E-state index in [1.54, 1.807) is 6.92 Å². The third-order valence-electron chi connectivity index (χ3n) is 2.00. The zero-order valence-corrected chi connectivity index (χ0v) is 10.5. The SMILES string of the molecule is C#CC(C)NC(=O)c1cc([N+](=O)[O-])ccc1Br. The van der Waals surface area contributed by atoms with Gasteiger partial charge in [0.2, 0.25) is 0 Å². The molecule has 0 spiro atoms. The summed E-state index contributed by atoms with van der Waals surface area (Å²) >= 11 is 3.16. The first-order valence-corrected chi connectivity index (χ1v) is 5.46. The van der Waals surface area contributed by atoms with Gasteiger partial charge in [0.1, 0.15) is 0 Å². The van der Waals surface area contributed by atoms with E-state index in [1.807, 2.05) is 0 Å². The molecule has 1 aromatic rings. The quantitative estimate of drug-likeness (QED) is 0.527. The van der Waals surface area contributed by atoms with Crippen LogP contribution in [0.5, 0.6) is 0 Å². The molecule has 0 aliphatic rings. The Hall–Kier alpha value is -1.87. The molecule has 0 radical (unpaired) electrons. The molecule has 5 nitrogen and oxygen atoms in total. The van der Waals surface area contributed by atoms with Crippen molar-refractivity contribution in [2.45, 2.75) is 13.0 Å². The molecule has 0 saturated carbocycles. The minimum atomic E-state index is -0.562. The molecule has 0 bridgehead atoms. The van der Waals surface area contributed by atoms with Gasteiger partial charge in [-0.3, -0.25) is 14.9 Å². The smallest absolute Gasteiger partial charge is 0.270 e. The topological polar surface area (TPSA) is 72.2 Å². The Labute approximate surface area is 106 Å². The van der Waals surface area contributed by atoms with Crippen LogP contribution in [0.4, 0.5) is 5.69 Å². The summed E-state index contributed by atoms with van der Waals surface area (Å²) in [5.41, 5.74) is 0.0352. The predicted molar refractivity (Wildman–Crippen MR) is 66.6 cm³/mol. The second kappa shape index (κ2) is 5.46. The lowest BCUT2D eigenvalue weighted by Gasteiger charge is -2.08. The Morgan fingerprint density at radius 2 is 2.29 bits per heavy atom. The normalized spacial score (nSPS) is 11.4. The second-order valence-electron chi connectivity index (χ2n) is 3.28. The van der Waals surface area contributed by atoms with E-state index in [0.717, 1.165) is 0 Å². The van der Waals surface area contributed by atoms with Gasteiger partial charge in [-0.05, 0) is 28.9 Å². The van der Waals surface area contributed by atoms with Crippen molar-refractivity contribution in [1.82, 2.24) is 5.32 Å². The standard InChI is InChI=1S/C11H9BrN2O3/c1-3-7(2)13-11(15)9-6-8(14(16)17)4-5-10(9)12/h1,4-7H,2H3,(H,13,15). The van der Waals surface area contributed by atoms with Crippen LogP contribution in [-0.2, 0) is 0 Å². The minimum Gasteiger partial charge on any atom is -0.339 e. The van der Waals surface area contributed by atoms with Crippen LogP contribution in [0, 0.1) is 22.5 Å². The Kier molecular flexibility index (Phi) is 4.24. The van der Waals surface area contributed by atoms with Crippen molar-refractivity contribution < 1.29 is 9.72 Å². The van der Waals surface area contributed by atoms with E-state index in [0.29, 0.717) is 4.47 Å². The highest BCUT2D eigenvalue weighted by molar-refractivity contribution is 9.10. The van der Waals surface area contributed by atoms with E-state index in [1.165, 1.54) is 18.2 Å². The molecule has 6 heteroatoms. The molecule has 1 amide bonds. The molecule has 0 aromatic heterocycles. The van der Waals surface area contributed by atoms with Crippen LogP contribution in [0.15, 0.2) is 22.7 Å². The van der Waals surface area contributed by atoms with E-state index < -0.39 is 16.9 Å². The van der Waals surface area contributed by atoms with Gasteiger partial charge in [-0.2, -0.15) is 0 Å². The first kappa shape index (κ1) is 13.2. The van der Waals surface area contributed by atoms with Gasteiger partial charge in [0.25, 0.3) is 11.6 Å². The first-order chi connectivity index (χ1) is 7.95. The van der Waals surface area contributed by atoms with E-state index >= 15 is 0 Å². The summed E-state index contributed by atoms with van der Waals surface area (Å²) in [7, 11) is 0. The fraction of sp³-hybridized carbons (Fsp3) is 0.182. The fourth-order valence-electron chi connectivity index (χ4n) is 1.12. The summed E-state index contributed by atoms with van der Waals surface area (Å²) in [6.07, 6.45) is 5.13. The third kappa shape index (κ3) is 3.29. The predicted octanol–water partition coefficient (Wildman–Crippen LogP) is 2.11. The largest absolute Gasteiger partial charge is 0.339 e. The number of non-ortho nitro benzene ring substituents is 1. The number of terminal acetylenes is 1. The molecule has 88 valence electrons. The lowest BCUT2D eigenvalue weighted by Crippen LogP contribution is -2.31. The highest BCUT2D eigenvalue weighted by atomic mass is 79.9. The number of carbonyl (C=O) groups is 1. The van der Waals surface area contributed by atoms with Gasteiger partial charge in [-0.25, -0.2) is 0 Å². The number of benzene rings is 1. The van der Waals surface area contributed by atoms with Gasteiger partial charge >= 0.3 is 0 Å². The number of nitro benzene ring substituents is 1. The van der Waals surface area contributed by atoms with E-state index in [2.05, 4.69) is 27.2 Å². The molecule has 0 heterocycles. The number of carbonyl (C=O) groups excluding carboxylic acids is 1. The third-order valence-corrected chi connectivity index (χ3v) is 2.69. The van der Waals surface area contributed by atoms with Crippen molar-refractivity contribution in [3.05, 3.63) is 38.3 Å². The van der Waals surface area contributed by atoms with Gasteiger partial charge in [0.05, 0.1) is 16.5 Å². The fourth-order valence-corrected chi connectivity index (χ4v) is 1.54. The maximum atomic E-state index is 11.8. The van der Waals surface area contributed by atoms with Gasteiger partial charge in [0.15, 0.2) is 0 Å². The zero-order chi connectivity index (χ0) is 13.0. The van der Waals surface area contributed by atoms with Crippen LogP contribution < -0.4 is 5.32 Å². The summed E-state index contributed by atoms with van der Waals surface area (Å²) in [6.45, 7) is 1.64. The van der Waals surface area contributed by atoms with Crippen molar-refractivity contribution >= 4 is 27.5 Å². The maximum absolute atomic E-state index is 11.8. The molecule has 1 N–H and O–H groups in total. The van der Waals surface area contributed by atoms with Crippen LogP contribution in [-0.4, -0.2) is 16.9 Å². The maximum Gasteiger partial charge on any atom is 0.270 e. The van der Waals surface area contributed by atoms with Crippen molar-refractivity contribution in [2.24, 2.45) is 0 Å². The van der Waals surface area contributed by atoms with Crippen LogP contribution in [0.2, 0.25) is 0 Å². The van der Waals surface area contributed by atoms with Gasteiger partial charge in [-0.1, -0.05) is 5.92 Å². The lowest BCUT2D eigenvalue weighted by atomic mass is 10.2. The molecule has 1 rings (SSSR count). The van der Waals surface area contributed by atoms with Crippen molar-refractivity contribution in [3.63, 3.8) is 0 Å². The average molecular weight is 297 g/mol. The molecule has 17 heavy (non-hydrogen) atoms. The molecule has 1 atom stereocenters. The molecule has 0 aliphatic heterocycles. The number of nitro groups is 1. The van der Waals surface area contributed by atoms with Crippen molar-refractivity contribution in [2.75, 3.05) is 0 Å². The first-order valence-electron chi connectivity index (χ1n) is 4.66. The number of hydrogen-bond donors (Lipinski definition) is 1. The molecular formula is C11H9BrN2O3. The summed E-state index contributed by atoms with van der Waals surface area (Å²) < 4.78 is 0.477. The summed E-state index contributed by atoms with van der Waals surface area (Å²) in [5.74, 6) is 1.89. The molecule has 0 fully saturated rings. The van der Waals surface area contributed by atoms with Gasteiger partial charge in [-0.15, -0.1) is 6.42 Å². The van der Waals surface area contributed by atoms with Crippen molar-refractivity contribution in [1.29, 1.82) is 0 Å². The van der Waals surface area contributed by atoms with E-state index in [-0.39, 0.29) is 11.3 Å². The zero-order valence-electron chi connectivity index (χ0n) is 8.94. The number of halogens is 1. The number of rotatable bonds is 3. The monoisotopic (exact) mass is 296 g/mol. The van der Waals surface area contributed by atoms with E-state index in [4.69, 9.17) is 6.42 Å². The molecule has 0 aliphatic carbocycles. The van der Waals surface area contributed by atoms with Crippen molar-refractivity contribution in [3.8, 4) is 12.3 Å². The number of nitrogens with zero attached hydrogens (tertiary/aromatic N) is 1. The Morgan fingerprint density at radius 1 is 1.65 bits per heavy atom. The van der Waals surface area contributed by atoms with E-state index in [9.17, 15) is 14.9 Å². The van der Waals surface area contributed by atoms with Crippen LogP contribution in [0.25, 0.3) is 0 Å². The second-order valence-corrected chi connectivity index (χ2v) is 4.14. The minimum absolute atomic E-state index is 0.147. The summed E-state index contributed by atoms with van der Waals surface area (Å²) in [4.78, 5) is 21.8. The highest BCUT2D eigenvalue weighted by Crippen LogP contribution is 2.22. The number of hydrogen-bond acceptors (Lipinski definition) is 3. The highest BCUT2D eigenvalue weighted by Gasteiger charge is 2.16. The number of amides is 1. The van der Waals surface area contributed by atoms with Gasteiger partial charge < -0.3 is 5.32 Å². The average Bonchev–Trinajstić information content (AvgIpc) is 2.28. The van der Waals surface area contributed by atoms with Gasteiger partial charge in [0, 0.05) is 16.6 Å². The van der Waals surface area contributed by atoms with Crippen LogP contribution >= 0.6 is 15.9 Å². The molecule has 0 saturated heterocycles. The summed E-state index contributed by atoms with van der Waals surface area (Å²) in [5, 5.41) is 13.1. The summed E-state index contributed by atoms with van der Waals surface area (Å²) in [6, 6.07) is 3.52. The molecular weight excluding hydrogens is 288 g/mol. The Balaban J connectivity index is 3.05. The number of nitrogens with one attached hydrogen (secondary N) is 1. The molecule has 1 unspecified atom stereocenters. The lowest BCUT2D eigenvalue weighted by molar-refractivity contribution is -0.384. The van der Waals surface area contributed by atoms with Crippen LogP contribution in [0.1, 0.15) is 17.3 Å². The van der Waals surface area contributed by atoms with Crippen LogP contribution in [0.3, 0.4) is 0 Å². The Bertz CT molecular complexity index is 508. The Morgan fingerprint density at radius 3 is 2.82 bits per heavy atom. The molecule has 1 aromatic carbocycles.